The fourth-order valence-electron chi connectivity index (χ4n) is 1.72. The largest absolute Gasteiger partial charge is 0.459 e. The molecule has 0 N–H and O–H groups in total. The molecule has 0 aliphatic rings. The summed E-state index contributed by atoms with van der Waals surface area (Å²) >= 11 is 0. The van der Waals surface area contributed by atoms with Crippen molar-refractivity contribution in [1.29, 1.82) is 0 Å². The van der Waals surface area contributed by atoms with Crippen molar-refractivity contribution in [3.63, 3.8) is 0 Å². The maximum absolute atomic E-state index is 13.8. The van der Waals surface area contributed by atoms with Crippen LogP contribution in [0.2, 0.25) is 0 Å². The molecule has 0 radical (unpaired) electrons. The van der Waals surface area contributed by atoms with Gasteiger partial charge in [-0.3, -0.25) is 10.1 Å². The number of ether oxygens (including phenoxy) is 1. The van der Waals surface area contributed by atoms with Crippen molar-refractivity contribution in [2.24, 2.45) is 0 Å². The number of nitro groups is 1. The second kappa shape index (κ2) is 6.26. The number of nitro benzene ring substituents is 1. The van der Waals surface area contributed by atoms with Gasteiger partial charge in [0.05, 0.1) is 11.0 Å². The minimum absolute atomic E-state index is 0.0456. The Balaban J connectivity index is 3.05. The normalized spacial score (nSPS) is 12.0. The summed E-state index contributed by atoms with van der Waals surface area (Å²) in [6.07, 6.45) is 1.13. The van der Waals surface area contributed by atoms with E-state index in [0.29, 0.717) is 6.42 Å². The van der Waals surface area contributed by atoms with E-state index < -0.39 is 22.3 Å². The van der Waals surface area contributed by atoms with Crippen molar-refractivity contribution < 1.29 is 18.8 Å². The summed E-state index contributed by atoms with van der Waals surface area (Å²) in [4.78, 5) is 21.8. The number of nitrogens with zero attached hydrogens (tertiary/aromatic N) is 1. The van der Waals surface area contributed by atoms with Gasteiger partial charge in [0.2, 0.25) is 0 Å². The van der Waals surface area contributed by atoms with E-state index in [1.807, 2.05) is 6.92 Å². The molecule has 0 bridgehead atoms. The summed E-state index contributed by atoms with van der Waals surface area (Å²) in [6.45, 7) is 5.00. The van der Waals surface area contributed by atoms with Crippen LogP contribution >= 0.6 is 0 Å². The fraction of sp³-hybridized carbons (Fsp3) is 0.462. The van der Waals surface area contributed by atoms with Crippen molar-refractivity contribution >= 4 is 11.7 Å². The van der Waals surface area contributed by atoms with E-state index >= 15 is 0 Å². The first-order chi connectivity index (χ1) is 8.86. The molecule has 6 heteroatoms. The molecule has 0 fully saturated rings. The quantitative estimate of drug-likeness (QED) is 0.466. The zero-order chi connectivity index (χ0) is 14.6. The number of esters is 1. The van der Waals surface area contributed by atoms with Crippen LogP contribution in [-0.4, -0.2) is 17.0 Å². The van der Waals surface area contributed by atoms with Crippen molar-refractivity contribution in [2.45, 2.75) is 39.7 Å². The molecule has 19 heavy (non-hydrogen) atoms. The number of non-ortho nitro benzene ring substituents is 1. The second-order valence-corrected chi connectivity index (χ2v) is 4.39. The highest BCUT2D eigenvalue weighted by Gasteiger charge is 2.22. The molecule has 0 aliphatic heterocycles. The topological polar surface area (TPSA) is 69.4 Å². The van der Waals surface area contributed by atoms with Crippen LogP contribution in [0.1, 0.15) is 42.6 Å². The number of hydrogen-bond donors (Lipinski definition) is 0. The minimum Gasteiger partial charge on any atom is -0.459 e. The zero-order valence-corrected chi connectivity index (χ0v) is 11.1. The molecule has 1 rings (SSSR count). The van der Waals surface area contributed by atoms with Gasteiger partial charge in [-0.2, -0.15) is 0 Å². The van der Waals surface area contributed by atoms with E-state index in [4.69, 9.17) is 4.74 Å². The molecule has 1 atom stereocenters. The van der Waals surface area contributed by atoms with Gasteiger partial charge >= 0.3 is 5.97 Å². The fourth-order valence-corrected chi connectivity index (χ4v) is 1.72. The van der Waals surface area contributed by atoms with E-state index in [1.54, 1.807) is 6.92 Å². The molecule has 0 spiro atoms. The van der Waals surface area contributed by atoms with Gasteiger partial charge in [-0.1, -0.05) is 13.3 Å². The molecule has 0 saturated carbocycles. The summed E-state index contributed by atoms with van der Waals surface area (Å²) in [5.41, 5.74) is -0.673. The summed E-state index contributed by atoms with van der Waals surface area (Å²) in [5.74, 6) is -1.65. The molecule has 1 unspecified atom stereocenters. The molecule has 1 aromatic carbocycles. The Morgan fingerprint density at radius 1 is 1.53 bits per heavy atom. The molecule has 0 amide bonds. The zero-order valence-electron chi connectivity index (χ0n) is 11.1. The highest BCUT2D eigenvalue weighted by atomic mass is 19.1. The molecule has 5 nitrogen and oxygen atoms in total. The number of hydrogen-bond acceptors (Lipinski definition) is 4. The first-order valence-electron chi connectivity index (χ1n) is 6.02. The Bertz CT molecular complexity index is 502. The Kier molecular flexibility index (Phi) is 4.97. The predicted molar refractivity (Wildman–Crippen MR) is 67.6 cm³/mol. The summed E-state index contributed by atoms with van der Waals surface area (Å²) in [5, 5.41) is 10.7. The van der Waals surface area contributed by atoms with Gasteiger partial charge in [-0.05, 0) is 25.8 Å². The average molecular weight is 269 g/mol. The number of carbonyl (C=O) groups excluding carboxylic acids is 1. The van der Waals surface area contributed by atoms with Crippen molar-refractivity contribution in [1.82, 2.24) is 0 Å². The predicted octanol–water partition coefficient (Wildman–Crippen LogP) is 3.39. The average Bonchev–Trinajstić information content (AvgIpc) is 2.32. The third-order valence-electron chi connectivity index (χ3n) is 2.67. The highest BCUT2D eigenvalue weighted by molar-refractivity contribution is 5.91. The van der Waals surface area contributed by atoms with Gasteiger partial charge in [-0.25, -0.2) is 9.18 Å². The third-order valence-corrected chi connectivity index (χ3v) is 2.67. The first-order valence-corrected chi connectivity index (χ1v) is 6.02. The monoisotopic (exact) mass is 269 g/mol. The van der Waals surface area contributed by atoms with Gasteiger partial charge in [0.15, 0.2) is 0 Å². The van der Waals surface area contributed by atoms with E-state index in [-0.39, 0.29) is 17.4 Å². The van der Waals surface area contributed by atoms with E-state index in [2.05, 4.69) is 0 Å². The van der Waals surface area contributed by atoms with E-state index in [9.17, 15) is 19.3 Å². The van der Waals surface area contributed by atoms with Crippen LogP contribution in [0, 0.1) is 22.9 Å². The highest BCUT2D eigenvalue weighted by Crippen LogP contribution is 2.22. The number of halogens is 1. The molecular weight excluding hydrogens is 253 g/mol. The van der Waals surface area contributed by atoms with E-state index in [1.165, 1.54) is 6.92 Å². The van der Waals surface area contributed by atoms with Crippen LogP contribution in [-0.2, 0) is 4.74 Å². The number of carbonyl (C=O) groups is 1. The van der Waals surface area contributed by atoms with Crippen LogP contribution in [0.25, 0.3) is 0 Å². The molecule has 0 saturated heterocycles. The SMILES string of the molecule is CCCC(C)OC(=O)c1cc([N+](=O)[O-])cc(C)c1F. The Hall–Kier alpha value is -1.98. The maximum atomic E-state index is 13.8. The van der Waals surface area contributed by atoms with Crippen molar-refractivity contribution in [3.05, 3.63) is 39.2 Å². The third kappa shape index (κ3) is 3.74. The van der Waals surface area contributed by atoms with Crippen LogP contribution in [0.15, 0.2) is 12.1 Å². The lowest BCUT2D eigenvalue weighted by Gasteiger charge is -2.12. The minimum atomic E-state index is -0.870. The van der Waals surface area contributed by atoms with Crippen LogP contribution in [0.4, 0.5) is 10.1 Å². The second-order valence-electron chi connectivity index (χ2n) is 4.39. The summed E-state index contributed by atoms with van der Waals surface area (Å²) < 4.78 is 18.9. The van der Waals surface area contributed by atoms with Crippen LogP contribution in [0.5, 0.6) is 0 Å². The smallest absolute Gasteiger partial charge is 0.341 e. The summed E-state index contributed by atoms with van der Waals surface area (Å²) in [6, 6.07) is 1.99. The van der Waals surface area contributed by atoms with Gasteiger partial charge in [0, 0.05) is 12.1 Å². The van der Waals surface area contributed by atoms with Crippen molar-refractivity contribution in [2.75, 3.05) is 0 Å². The van der Waals surface area contributed by atoms with Gasteiger partial charge in [0.25, 0.3) is 5.69 Å². The van der Waals surface area contributed by atoms with Gasteiger partial charge in [-0.15, -0.1) is 0 Å². The number of aryl methyl sites for hydroxylation is 1. The Morgan fingerprint density at radius 3 is 2.68 bits per heavy atom. The summed E-state index contributed by atoms with van der Waals surface area (Å²) in [7, 11) is 0. The van der Waals surface area contributed by atoms with Gasteiger partial charge < -0.3 is 4.74 Å². The lowest BCUT2D eigenvalue weighted by atomic mass is 10.1. The standard InChI is InChI=1S/C13H16FNO4/c1-4-5-9(3)19-13(16)11-7-10(15(17)18)6-8(2)12(11)14/h6-7,9H,4-5H2,1-3H3. The molecule has 0 aliphatic carbocycles. The Morgan fingerprint density at radius 2 is 2.16 bits per heavy atom. The molecule has 104 valence electrons. The lowest BCUT2D eigenvalue weighted by Crippen LogP contribution is -2.16. The molecule has 0 aromatic heterocycles. The Labute approximate surface area is 110 Å². The van der Waals surface area contributed by atoms with E-state index in [0.717, 1.165) is 18.6 Å². The van der Waals surface area contributed by atoms with Crippen LogP contribution < -0.4 is 0 Å². The lowest BCUT2D eigenvalue weighted by molar-refractivity contribution is -0.385. The maximum Gasteiger partial charge on any atom is 0.341 e. The molecular formula is C13H16FNO4. The molecule has 0 heterocycles. The van der Waals surface area contributed by atoms with Crippen LogP contribution in [0.3, 0.4) is 0 Å². The number of benzene rings is 1. The first kappa shape index (κ1) is 15.1. The van der Waals surface area contributed by atoms with Crippen molar-refractivity contribution in [3.8, 4) is 0 Å². The number of rotatable bonds is 5. The van der Waals surface area contributed by atoms with Gasteiger partial charge in [0.1, 0.15) is 11.4 Å². The molecule has 1 aromatic rings.